The van der Waals surface area contributed by atoms with Crippen LogP contribution < -0.4 is 4.90 Å². The molecule has 0 aromatic carbocycles. The van der Waals surface area contributed by atoms with E-state index in [0.717, 1.165) is 51.6 Å². The number of aromatic nitrogens is 2. The largest absolute Gasteiger partial charge is 0.354 e. The van der Waals surface area contributed by atoms with Crippen molar-refractivity contribution in [2.45, 2.75) is 38.5 Å². The Labute approximate surface area is 172 Å². The summed E-state index contributed by atoms with van der Waals surface area (Å²) in [7, 11) is -3.40. The number of likely N-dealkylation sites (tertiary alicyclic amines) is 1. The SMILES string of the molecule is O=C(c1cncc(N2CCCN(S(=O)(=O)N3CCCCC3)CC2)n1)N1CCCC1. The summed E-state index contributed by atoms with van der Waals surface area (Å²) in [5.74, 6) is 0.577. The van der Waals surface area contributed by atoms with Crippen LogP contribution in [0.4, 0.5) is 5.82 Å². The molecule has 0 saturated carbocycles. The van der Waals surface area contributed by atoms with Crippen LogP contribution in [0.1, 0.15) is 49.0 Å². The van der Waals surface area contributed by atoms with Crippen LogP contribution in [0.2, 0.25) is 0 Å². The molecule has 4 heterocycles. The number of anilines is 1. The van der Waals surface area contributed by atoms with E-state index in [4.69, 9.17) is 0 Å². The highest BCUT2D eigenvalue weighted by Gasteiger charge is 2.32. The van der Waals surface area contributed by atoms with Crippen molar-refractivity contribution in [2.75, 3.05) is 57.3 Å². The first-order chi connectivity index (χ1) is 14.1. The van der Waals surface area contributed by atoms with Crippen LogP contribution >= 0.6 is 0 Å². The Balaban J connectivity index is 1.43. The quantitative estimate of drug-likeness (QED) is 0.718. The third-order valence-electron chi connectivity index (χ3n) is 5.98. The molecular weight excluding hydrogens is 392 g/mol. The van der Waals surface area contributed by atoms with Gasteiger partial charge in [-0.15, -0.1) is 0 Å². The number of carbonyl (C=O) groups is 1. The highest BCUT2D eigenvalue weighted by Crippen LogP contribution is 2.20. The number of piperidine rings is 1. The zero-order valence-corrected chi connectivity index (χ0v) is 17.7. The van der Waals surface area contributed by atoms with Crippen LogP contribution in [0.15, 0.2) is 12.4 Å². The lowest BCUT2D eigenvalue weighted by atomic mass is 10.2. The van der Waals surface area contributed by atoms with Gasteiger partial charge in [0.15, 0.2) is 0 Å². The summed E-state index contributed by atoms with van der Waals surface area (Å²) in [5.41, 5.74) is 0.367. The molecule has 0 spiro atoms. The lowest BCUT2D eigenvalue weighted by Crippen LogP contribution is -2.47. The molecule has 3 fully saturated rings. The molecule has 0 aliphatic carbocycles. The Kier molecular flexibility index (Phi) is 6.31. The summed E-state index contributed by atoms with van der Waals surface area (Å²) in [5, 5.41) is 0. The maximum absolute atomic E-state index is 13.0. The van der Waals surface area contributed by atoms with E-state index in [1.165, 1.54) is 6.20 Å². The molecule has 3 aliphatic heterocycles. The van der Waals surface area contributed by atoms with Crippen molar-refractivity contribution in [3.63, 3.8) is 0 Å². The minimum absolute atomic E-state index is 0.0685. The maximum atomic E-state index is 13.0. The minimum Gasteiger partial charge on any atom is -0.354 e. The van der Waals surface area contributed by atoms with Crippen LogP contribution in [0, 0.1) is 0 Å². The average Bonchev–Trinajstić information content (AvgIpc) is 3.17. The van der Waals surface area contributed by atoms with E-state index in [2.05, 4.69) is 9.97 Å². The van der Waals surface area contributed by atoms with Gasteiger partial charge in [0.25, 0.3) is 16.1 Å². The van der Waals surface area contributed by atoms with Crippen LogP contribution in [-0.2, 0) is 10.2 Å². The summed E-state index contributed by atoms with van der Waals surface area (Å²) < 4.78 is 29.2. The molecule has 0 N–H and O–H groups in total. The van der Waals surface area contributed by atoms with E-state index >= 15 is 0 Å². The van der Waals surface area contributed by atoms with Gasteiger partial charge in [-0.2, -0.15) is 17.0 Å². The number of rotatable bonds is 4. The zero-order chi connectivity index (χ0) is 20.3. The monoisotopic (exact) mass is 422 g/mol. The zero-order valence-electron chi connectivity index (χ0n) is 16.9. The number of amides is 1. The van der Waals surface area contributed by atoms with Gasteiger partial charge in [-0.3, -0.25) is 9.78 Å². The first-order valence-electron chi connectivity index (χ1n) is 10.7. The van der Waals surface area contributed by atoms with Crippen molar-refractivity contribution in [3.8, 4) is 0 Å². The van der Waals surface area contributed by atoms with Crippen molar-refractivity contribution < 1.29 is 13.2 Å². The Morgan fingerprint density at radius 1 is 0.759 bits per heavy atom. The molecule has 29 heavy (non-hydrogen) atoms. The number of hydrogen-bond donors (Lipinski definition) is 0. The predicted molar refractivity (Wildman–Crippen MR) is 110 cm³/mol. The lowest BCUT2D eigenvalue weighted by Gasteiger charge is -2.31. The average molecular weight is 423 g/mol. The molecule has 0 unspecified atom stereocenters. The van der Waals surface area contributed by atoms with Crippen LogP contribution in [0.5, 0.6) is 0 Å². The fourth-order valence-electron chi connectivity index (χ4n) is 4.31. The molecular formula is C19H30N6O3S. The molecule has 4 rings (SSSR count). The molecule has 0 atom stereocenters. The molecule has 0 radical (unpaired) electrons. The van der Waals surface area contributed by atoms with Crippen LogP contribution in [-0.4, -0.2) is 90.2 Å². The second-order valence-electron chi connectivity index (χ2n) is 7.97. The predicted octanol–water partition coefficient (Wildman–Crippen LogP) is 0.955. The van der Waals surface area contributed by atoms with Gasteiger partial charge in [-0.05, 0) is 32.1 Å². The van der Waals surface area contributed by atoms with E-state index < -0.39 is 10.2 Å². The fraction of sp³-hybridized carbons (Fsp3) is 0.737. The summed E-state index contributed by atoms with van der Waals surface area (Å²) in [4.78, 5) is 25.3. The van der Waals surface area contributed by atoms with E-state index in [0.29, 0.717) is 50.8 Å². The maximum Gasteiger partial charge on any atom is 0.282 e. The Hall–Kier alpha value is -1.78. The fourth-order valence-corrected chi connectivity index (χ4v) is 6.02. The van der Waals surface area contributed by atoms with Crippen LogP contribution in [0.3, 0.4) is 0 Å². The summed E-state index contributed by atoms with van der Waals surface area (Å²) in [6.07, 6.45) is 8.95. The van der Waals surface area contributed by atoms with Gasteiger partial charge in [0.05, 0.1) is 12.4 Å². The third-order valence-corrected chi connectivity index (χ3v) is 8.02. The molecule has 9 nitrogen and oxygen atoms in total. The lowest BCUT2D eigenvalue weighted by molar-refractivity contribution is 0.0786. The Bertz CT molecular complexity index is 821. The van der Waals surface area contributed by atoms with Gasteiger partial charge in [0.2, 0.25) is 0 Å². The highest BCUT2D eigenvalue weighted by molar-refractivity contribution is 7.86. The highest BCUT2D eigenvalue weighted by atomic mass is 32.2. The normalized spacial score (nSPS) is 22.6. The minimum atomic E-state index is -3.40. The smallest absolute Gasteiger partial charge is 0.282 e. The summed E-state index contributed by atoms with van der Waals surface area (Å²) in [6, 6.07) is 0. The number of carbonyl (C=O) groups excluding carboxylic acids is 1. The molecule has 1 aromatic heterocycles. The van der Waals surface area contributed by atoms with Crippen molar-refractivity contribution in [3.05, 3.63) is 18.1 Å². The van der Waals surface area contributed by atoms with Crippen LogP contribution in [0.25, 0.3) is 0 Å². The molecule has 0 bridgehead atoms. The van der Waals surface area contributed by atoms with Gasteiger partial charge >= 0.3 is 0 Å². The van der Waals surface area contributed by atoms with E-state index in [9.17, 15) is 13.2 Å². The van der Waals surface area contributed by atoms with E-state index in [1.54, 1.807) is 14.8 Å². The molecule has 3 aliphatic rings. The third kappa shape index (κ3) is 4.54. The number of nitrogens with zero attached hydrogens (tertiary/aromatic N) is 6. The standard InChI is InChI=1S/C19H30N6O3S/c26-19(23-7-4-5-8-23)17-15-20-16-18(21-17)22-9-6-12-25(14-13-22)29(27,28)24-10-2-1-3-11-24/h15-16H,1-14H2. The second kappa shape index (κ2) is 8.93. The molecule has 1 amide bonds. The van der Waals surface area contributed by atoms with Crippen molar-refractivity contribution >= 4 is 21.9 Å². The molecule has 10 heteroatoms. The summed E-state index contributed by atoms with van der Waals surface area (Å²) >= 11 is 0. The van der Waals surface area contributed by atoms with Crippen molar-refractivity contribution in [1.29, 1.82) is 0 Å². The molecule has 1 aromatic rings. The van der Waals surface area contributed by atoms with Crippen molar-refractivity contribution in [1.82, 2.24) is 23.5 Å². The second-order valence-corrected chi connectivity index (χ2v) is 9.90. The van der Waals surface area contributed by atoms with Gasteiger partial charge in [0, 0.05) is 52.4 Å². The van der Waals surface area contributed by atoms with Gasteiger partial charge in [0.1, 0.15) is 11.5 Å². The summed E-state index contributed by atoms with van der Waals surface area (Å²) in [6.45, 7) is 4.96. The Morgan fingerprint density at radius 3 is 2.17 bits per heavy atom. The Morgan fingerprint density at radius 2 is 1.41 bits per heavy atom. The van der Waals surface area contributed by atoms with E-state index in [-0.39, 0.29) is 5.91 Å². The van der Waals surface area contributed by atoms with Crippen molar-refractivity contribution in [2.24, 2.45) is 0 Å². The van der Waals surface area contributed by atoms with E-state index in [1.807, 2.05) is 9.80 Å². The van der Waals surface area contributed by atoms with Gasteiger partial charge < -0.3 is 9.80 Å². The molecule has 160 valence electrons. The first-order valence-corrected chi connectivity index (χ1v) is 12.1. The topological polar surface area (TPSA) is 90.0 Å². The van der Waals surface area contributed by atoms with Gasteiger partial charge in [-0.1, -0.05) is 6.42 Å². The number of hydrogen-bond acceptors (Lipinski definition) is 6. The van der Waals surface area contributed by atoms with Gasteiger partial charge in [-0.25, -0.2) is 4.98 Å². The first kappa shape index (κ1) is 20.5. The molecule has 3 saturated heterocycles.